The predicted octanol–water partition coefficient (Wildman–Crippen LogP) is 1.27. The summed E-state index contributed by atoms with van der Waals surface area (Å²) in [6.07, 6.45) is -4.61. The maximum atomic E-state index is 12.8. The van der Waals surface area contributed by atoms with Gasteiger partial charge in [0.2, 0.25) is 0 Å². The van der Waals surface area contributed by atoms with Crippen LogP contribution in [0.15, 0.2) is 24.3 Å². The van der Waals surface area contributed by atoms with Crippen molar-refractivity contribution in [1.82, 2.24) is 9.62 Å². The molecule has 20 heavy (non-hydrogen) atoms. The number of anilines is 1. The number of alkyl halides is 3. The number of benzene rings is 1. The second-order valence-corrected chi connectivity index (χ2v) is 5.97. The van der Waals surface area contributed by atoms with Crippen LogP contribution in [0.2, 0.25) is 0 Å². The first kappa shape index (κ1) is 15.1. The van der Waals surface area contributed by atoms with Crippen LogP contribution in [-0.2, 0) is 16.4 Å². The number of nitrogens with one attached hydrogen (secondary N) is 2. The van der Waals surface area contributed by atoms with Crippen LogP contribution in [0.3, 0.4) is 0 Å². The lowest BCUT2D eigenvalue weighted by Gasteiger charge is -2.27. The average molecular weight is 309 g/mol. The smallest absolute Gasteiger partial charge is 0.314 e. The highest BCUT2D eigenvalue weighted by Crippen LogP contribution is 2.35. The van der Waals surface area contributed by atoms with E-state index in [0.717, 1.165) is 16.4 Å². The minimum absolute atomic E-state index is 0.226. The molecule has 0 spiro atoms. The lowest BCUT2D eigenvalue weighted by Crippen LogP contribution is -2.48. The molecule has 5 nitrogen and oxygen atoms in total. The Morgan fingerprint density at radius 2 is 1.75 bits per heavy atom. The van der Waals surface area contributed by atoms with Gasteiger partial charge in [-0.25, -0.2) is 0 Å². The molecule has 0 aliphatic carbocycles. The summed E-state index contributed by atoms with van der Waals surface area (Å²) in [5.74, 6) is 0. The van der Waals surface area contributed by atoms with Crippen molar-refractivity contribution in [3.05, 3.63) is 29.8 Å². The van der Waals surface area contributed by atoms with Crippen molar-refractivity contribution in [2.75, 3.05) is 30.9 Å². The number of piperazine rings is 1. The summed E-state index contributed by atoms with van der Waals surface area (Å²) in [5, 5.41) is 2.97. The third kappa shape index (κ3) is 3.41. The molecule has 1 heterocycles. The van der Waals surface area contributed by atoms with E-state index < -0.39 is 27.6 Å². The van der Waals surface area contributed by atoms with E-state index in [2.05, 4.69) is 5.32 Å². The van der Waals surface area contributed by atoms with E-state index in [0.29, 0.717) is 13.1 Å². The lowest BCUT2D eigenvalue weighted by molar-refractivity contribution is -0.136. The van der Waals surface area contributed by atoms with E-state index in [1.54, 1.807) is 0 Å². The first-order valence-corrected chi connectivity index (χ1v) is 7.39. The molecule has 112 valence electrons. The number of hydrogen-bond donors (Lipinski definition) is 2. The van der Waals surface area contributed by atoms with Crippen molar-refractivity contribution in [3.8, 4) is 0 Å². The van der Waals surface area contributed by atoms with Gasteiger partial charge in [0, 0.05) is 26.2 Å². The van der Waals surface area contributed by atoms with Crippen LogP contribution in [0.25, 0.3) is 0 Å². The van der Waals surface area contributed by atoms with E-state index in [4.69, 9.17) is 0 Å². The Morgan fingerprint density at radius 3 is 2.35 bits per heavy atom. The van der Waals surface area contributed by atoms with Crippen LogP contribution in [0.5, 0.6) is 0 Å². The van der Waals surface area contributed by atoms with Gasteiger partial charge in [0.05, 0.1) is 11.3 Å². The fourth-order valence-corrected chi connectivity index (χ4v) is 3.16. The van der Waals surface area contributed by atoms with Crippen LogP contribution < -0.4 is 10.0 Å². The summed E-state index contributed by atoms with van der Waals surface area (Å²) >= 11 is 0. The van der Waals surface area contributed by atoms with Crippen molar-refractivity contribution in [3.63, 3.8) is 0 Å². The molecule has 1 aliphatic rings. The van der Waals surface area contributed by atoms with E-state index in [1.807, 2.05) is 4.72 Å². The number of nitrogens with zero attached hydrogens (tertiary/aromatic N) is 1. The quantitative estimate of drug-likeness (QED) is 0.884. The summed E-state index contributed by atoms with van der Waals surface area (Å²) in [4.78, 5) is 0. The Labute approximate surface area is 115 Å². The third-order valence-corrected chi connectivity index (χ3v) is 4.41. The topological polar surface area (TPSA) is 61.4 Å². The Balaban J connectivity index is 2.25. The lowest BCUT2D eigenvalue weighted by atomic mass is 10.2. The van der Waals surface area contributed by atoms with Gasteiger partial charge in [0.1, 0.15) is 0 Å². The van der Waals surface area contributed by atoms with Crippen LogP contribution >= 0.6 is 0 Å². The summed E-state index contributed by atoms with van der Waals surface area (Å²) in [6.45, 7) is 1.40. The zero-order valence-electron chi connectivity index (χ0n) is 10.4. The van der Waals surface area contributed by atoms with Gasteiger partial charge in [0.15, 0.2) is 0 Å². The fraction of sp³-hybridized carbons (Fsp3) is 0.455. The number of halogens is 3. The van der Waals surface area contributed by atoms with Gasteiger partial charge in [-0.15, -0.1) is 0 Å². The molecule has 1 saturated heterocycles. The normalized spacial score (nSPS) is 17.9. The van der Waals surface area contributed by atoms with Crippen LogP contribution in [0, 0.1) is 0 Å². The fourth-order valence-electron chi connectivity index (χ4n) is 1.91. The average Bonchev–Trinajstić information content (AvgIpc) is 2.39. The summed E-state index contributed by atoms with van der Waals surface area (Å²) in [5.41, 5.74) is -1.46. The Bertz CT molecular complexity index is 569. The molecule has 1 aliphatic heterocycles. The Kier molecular flexibility index (Phi) is 4.21. The number of rotatable bonds is 3. The van der Waals surface area contributed by atoms with Gasteiger partial charge in [-0.3, -0.25) is 4.72 Å². The van der Waals surface area contributed by atoms with Crippen LogP contribution in [0.4, 0.5) is 18.9 Å². The molecule has 2 rings (SSSR count). The van der Waals surface area contributed by atoms with Gasteiger partial charge in [-0.05, 0) is 12.1 Å². The zero-order valence-corrected chi connectivity index (χ0v) is 11.3. The molecule has 0 aromatic heterocycles. The maximum absolute atomic E-state index is 12.8. The Hall–Kier alpha value is -1.32. The molecule has 0 bridgehead atoms. The highest BCUT2D eigenvalue weighted by Gasteiger charge is 2.35. The summed E-state index contributed by atoms with van der Waals surface area (Å²) in [6, 6.07) is 4.51. The standard InChI is InChI=1S/C11H14F3N3O2S/c12-11(13,14)9-3-1-2-4-10(9)16-20(18,19)17-7-5-15-6-8-17/h1-4,15-16H,5-8H2. The molecule has 0 atom stereocenters. The molecule has 0 amide bonds. The van der Waals surface area contributed by atoms with Crippen molar-refractivity contribution < 1.29 is 21.6 Å². The molecule has 0 radical (unpaired) electrons. The highest BCUT2D eigenvalue weighted by atomic mass is 32.2. The monoisotopic (exact) mass is 309 g/mol. The predicted molar refractivity (Wildman–Crippen MR) is 68.4 cm³/mol. The molecular formula is C11H14F3N3O2S. The molecular weight excluding hydrogens is 295 g/mol. The first-order valence-electron chi connectivity index (χ1n) is 5.95. The van der Waals surface area contributed by atoms with Crippen molar-refractivity contribution >= 4 is 15.9 Å². The van der Waals surface area contributed by atoms with E-state index in [-0.39, 0.29) is 13.1 Å². The van der Waals surface area contributed by atoms with Gasteiger partial charge < -0.3 is 5.32 Å². The second-order valence-electron chi connectivity index (χ2n) is 4.30. The van der Waals surface area contributed by atoms with Gasteiger partial charge >= 0.3 is 16.4 Å². The van der Waals surface area contributed by atoms with E-state index in [1.165, 1.54) is 12.1 Å². The largest absolute Gasteiger partial charge is 0.418 e. The van der Waals surface area contributed by atoms with Crippen molar-refractivity contribution in [2.24, 2.45) is 0 Å². The van der Waals surface area contributed by atoms with E-state index in [9.17, 15) is 21.6 Å². The van der Waals surface area contributed by atoms with Gasteiger partial charge in [0.25, 0.3) is 0 Å². The molecule has 0 unspecified atom stereocenters. The molecule has 1 aromatic carbocycles. The van der Waals surface area contributed by atoms with Crippen molar-refractivity contribution in [2.45, 2.75) is 6.18 Å². The van der Waals surface area contributed by atoms with Gasteiger partial charge in [-0.1, -0.05) is 12.1 Å². The molecule has 0 saturated carbocycles. The van der Waals surface area contributed by atoms with Gasteiger partial charge in [-0.2, -0.15) is 25.9 Å². The maximum Gasteiger partial charge on any atom is 0.418 e. The number of para-hydroxylation sites is 1. The summed E-state index contributed by atoms with van der Waals surface area (Å²) < 4.78 is 65.7. The molecule has 9 heteroatoms. The highest BCUT2D eigenvalue weighted by molar-refractivity contribution is 7.90. The summed E-state index contributed by atoms with van der Waals surface area (Å²) in [7, 11) is -3.98. The van der Waals surface area contributed by atoms with Crippen molar-refractivity contribution in [1.29, 1.82) is 0 Å². The molecule has 1 aromatic rings. The molecule has 1 fully saturated rings. The second kappa shape index (κ2) is 5.58. The zero-order chi connectivity index (χ0) is 14.8. The van der Waals surface area contributed by atoms with E-state index >= 15 is 0 Å². The SMILES string of the molecule is O=S(=O)(Nc1ccccc1C(F)(F)F)N1CCNCC1. The van der Waals surface area contributed by atoms with Crippen LogP contribution in [0.1, 0.15) is 5.56 Å². The first-order chi connectivity index (χ1) is 9.31. The minimum atomic E-state index is -4.61. The Morgan fingerprint density at radius 1 is 1.15 bits per heavy atom. The minimum Gasteiger partial charge on any atom is -0.314 e. The van der Waals surface area contributed by atoms with Crippen LogP contribution in [-0.4, -0.2) is 38.9 Å². The number of hydrogen-bond acceptors (Lipinski definition) is 3. The third-order valence-electron chi connectivity index (χ3n) is 2.89. The molecule has 2 N–H and O–H groups in total.